The number of aliphatic imine (C=N–C) groups is 1. The van der Waals surface area contributed by atoms with E-state index in [2.05, 4.69) is 41.2 Å². The van der Waals surface area contributed by atoms with E-state index in [0.29, 0.717) is 6.04 Å². The third kappa shape index (κ3) is 7.67. The molecule has 2 rings (SSSR count). The second-order valence-electron chi connectivity index (χ2n) is 8.11. The standard InChI is InChI=1S/C20H40N6O.HI/c1-6-21-20(23-18-8-9-26(15-18)19(27)16(3)4)22-14-17(5)25-12-10-24(7-2)11-13-25;/h16-18H,6-15H2,1-5H3,(H2,21,22,23);1H. The number of carbonyl (C=O) groups excluding carboxylic acids is 1. The van der Waals surface area contributed by atoms with Gasteiger partial charge in [0.2, 0.25) is 5.91 Å². The first kappa shape index (κ1) is 25.4. The number of halogens is 1. The molecule has 0 aromatic carbocycles. The number of guanidine groups is 1. The molecule has 2 saturated heterocycles. The van der Waals surface area contributed by atoms with Crippen LogP contribution in [0.25, 0.3) is 0 Å². The van der Waals surface area contributed by atoms with E-state index in [9.17, 15) is 4.79 Å². The van der Waals surface area contributed by atoms with Crippen molar-refractivity contribution in [3.05, 3.63) is 0 Å². The third-order valence-corrected chi connectivity index (χ3v) is 5.67. The molecular formula is C20H41IN6O. The second-order valence-corrected chi connectivity index (χ2v) is 8.11. The highest BCUT2D eigenvalue weighted by Crippen LogP contribution is 2.13. The van der Waals surface area contributed by atoms with Crippen LogP contribution in [0.2, 0.25) is 0 Å². The van der Waals surface area contributed by atoms with Gasteiger partial charge in [0.05, 0.1) is 6.54 Å². The van der Waals surface area contributed by atoms with Gasteiger partial charge in [-0.15, -0.1) is 24.0 Å². The van der Waals surface area contributed by atoms with E-state index in [1.54, 1.807) is 0 Å². The van der Waals surface area contributed by atoms with Crippen molar-refractivity contribution in [2.24, 2.45) is 10.9 Å². The van der Waals surface area contributed by atoms with Crippen molar-refractivity contribution in [1.82, 2.24) is 25.3 Å². The number of hydrogen-bond donors (Lipinski definition) is 2. The average Bonchev–Trinajstić information content (AvgIpc) is 3.13. The van der Waals surface area contributed by atoms with E-state index in [1.807, 2.05) is 18.7 Å². The smallest absolute Gasteiger partial charge is 0.225 e. The van der Waals surface area contributed by atoms with Crippen molar-refractivity contribution in [2.45, 2.75) is 53.1 Å². The topological polar surface area (TPSA) is 63.2 Å². The van der Waals surface area contributed by atoms with Crippen LogP contribution in [-0.4, -0.2) is 97.6 Å². The summed E-state index contributed by atoms with van der Waals surface area (Å²) in [6.45, 7) is 19.5. The number of nitrogens with one attached hydrogen (secondary N) is 2. The summed E-state index contributed by atoms with van der Waals surface area (Å²) in [6.07, 6.45) is 0.984. The molecule has 0 radical (unpaired) electrons. The lowest BCUT2D eigenvalue weighted by atomic mass is 10.2. The molecule has 2 heterocycles. The highest BCUT2D eigenvalue weighted by Gasteiger charge is 2.28. The Morgan fingerprint density at radius 2 is 1.79 bits per heavy atom. The van der Waals surface area contributed by atoms with Crippen LogP contribution in [0.1, 0.15) is 41.0 Å². The predicted molar refractivity (Wildman–Crippen MR) is 128 cm³/mol. The quantitative estimate of drug-likeness (QED) is 0.310. The maximum absolute atomic E-state index is 12.2. The summed E-state index contributed by atoms with van der Waals surface area (Å²) in [5.41, 5.74) is 0. The summed E-state index contributed by atoms with van der Waals surface area (Å²) in [7, 11) is 0. The van der Waals surface area contributed by atoms with Crippen molar-refractivity contribution in [3.63, 3.8) is 0 Å². The molecule has 2 aliphatic heterocycles. The zero-order chi connectivity index (χ0) is 19.8. The van der Waals surface area contributed by atoms with Crippen LogP contribution in [0.3, 0.4) is 0 Å². The van der Waals surface area contributed by atoms with E-state index in [0.717, 1.165) is 71.3 Å². The summed E-state index contributed by atoms with van der Waals surface area (Å²) in [6, 6.07) is 0.732. The van der Waals surface area contributed by atoms with Crippen LogP contribution >= 0.6 is 24.0 Å². The van der Waals surface area contributed by atoms with Crippen molar-refractivity contribution >= 4 is 35.8 Å². The Hall–Kier alpha value is -0.610. The lowest BCUT2D eigenvalue weighted by Crippen LogP contribution is -2.50. The number of nitrogens with zero attached hydrogens (tertiary/aromatic N) is 4. The van der Waals surface area contributed by atoms with E-state index in [-0.39, 0.29) is 41.8 Å². The number of likely N-dealkylation sites (N-methyl/N-ethyl adjacent to an activating group) is 1. The molecule has 0 saturated carbocycles. The van der Waals surface area contributed by atoms with Crippen LogP contribution < -0.4 is 10.6 Å². The van der Waals surface area contributed by atoms with Gasteiger partial charge in [0, 0.05) is 63.8 Å². The van der Waals surface area contributed by atoms with Crippen molar-refractivity contribution in [1.29, 1.82) is 0 Å². The number of carbonyl (C=O) groups is 1. The molecule has 0 aliphatic carbocycles. The zero-order valence-corrected chi connectivity index (χ0v) is 20.7. The first-order chi connectivity index (χ1) is 12.9. The number of hydrogen-bond acceptors (Lipinski definition) is 4. The van der Waals surface area contributed by atoms with Crippen molar-refractivity contribution in [2.75, 3.05) is 58.9 Å². The number of amides is 1. The van der Waals surface area contributed by atoms with Gasteiger partial charge in [-0.05, 0) is 26.8 Å². The molecule has 2 N–H and O–H groups in total. The first-order valence-electron chi connectivity index (χ1n) is 10.7. The Balaban J connectivity index is 0.00000392. The fourth-order valence-electron chi connectivity index (χ4n) is 3.82. The Morgan fingerprint density at radius 1 is 1.11 bits per heavy atom. The maximum atomic E-state index is 12.2. The third-order valence-electron chi connectivity index (χ3n) is 5.67. The molecule has 7 nitrogen and oxygen atoms in total. The molecule has 28 heavy (non-hydrogen) atoms. The van der Waals surface area contributed by atoms with E-state index in [4.69, 9.17) is 4.99 Å². The summed E-state index contributed by atoms with van der Waals surface area (Å²) in [4.78, 5) is 24.0. The summed E-state index contributed by atoms with van der Waals surface area (Å²) < 4.78 is 0. The van der Waals surface area contributed by atoms with E-state index in [1.165, 1.54) is 0 Å². The lowest BCUT2D eigenvalue weighted by Gasteiger charge is -2.37. The van der Waals surface area contributed by atoms with Gasteiger partial charge >= 0.3 is 0 Å². The summed E-state index contributed by atoms with van der Waals surface area (Å²) >= 11 is 0. The second kappa shape index (κ2) is 12.8. The monoisotopic (exact) mass is 508 g/mol. The Kier molecular flexibility index (Phi) is 11.7. The fraction of sp³-hybridized carbons (Fsp3) is 0.900. The molecule has 1 amide bonds. The molecular weight excluding hydrogens is 467 g/mol. The number of likely N-dealkylation sites (tertiary alicyclic amines) is 1. The van der Waals surface area contributed by atoms with Gasteiger partial charge in [-0.25, -0.2) is 0 Å². The minimum absolute atomic E-state index is 0. The average molecular weight is 508 g/mol. The fourth-order valence-corrected chi connectivity index (χ4v) is 3.82. The molecule has 164 valence electrons. The minimum atomic E-state index is 0. The molecule has 2 aliphatic rings. The Morgan fingerprint density at radius 3 is 2.36 bits per heavy atom. The highest BCUT2D eigenvalue weighted by atomic mass is 127. The maximum Gasteiger partial charge on any atom is 0.225 e. The zero-order valence-electron chi connectivity index (χ0n) is 18.4. The first-order valence-corrected chi connectivity index (χ1v) is 10.7. The van der Waals surface area contributed by atoms with Crippen molar-refractivity contribution < 1.29 is 4.79 Å². The largest absolute Gasteiger partial charge is 0.357 e. The molecule has 0 aromatic rings. The van der Waals surface area contributed by atoms with Crippen LogP contribution in [0.5, 0.6) is 0 Å². The van der Waals surface area contributed by atoms with Crippen LogP contribution in [0, 0.1) is 5.92 Å². The predicted octanol–water partition coefficient (Wildman–Crippen LogP) is 1.44. The molecule has 0 spiro atoms. The molecule has 8 heteroatoms. The van der Waals surface area contributed by atoms with Crippen molar-refractivity contribution in [3.8, 4) is 0 Å². The van der Waals surface area contributed by atoms with Crippen LogP contribution in [0.15, 0.2) is 4.99 Å². The van der Waals surface area contributed by atoms with Gasteiger partial charge in [-0.2, -0.15) is 0 Å². The van der Waals surface area contributed by atoms with Crippen LogP contribution in [-0.2, 0) is 4.79 Å². The summed E-state index contributed by atoms with van der Waals surface area (Å²) in [5, 5.41) is 6.89. The van der Waals surface area contributed by atoms with E-state index >= 15 is 0 Å². The number of piperazine rings is 1. The minimum Gasteiger partial charge on any atom is -0.357 e. The Labute approximate surface area is 188 Å². The molecule has 2 fully saturated rings. The van der Waals surface area contributed by atoms with Crippen LogP contribution in [0.4, 0.5) is 0 Å². The normalized spacial score (nSPS) is 22.9. The van der Waals surface area contributed by atoms with Gasteiger partial charge in [0.1, 0.15) is 0 Å². The highest BCUT2D eigenvalue weighted by molar-refractivity contribution is 14.0. The number of rotatable bonds is 7. The molecule has 2 atom stereocenters. The molecule has 0 aromatic heterocycles. The van der Waals surface area contributed by atoms with Gasteiger partial charge in [-0.1, -0.05) is 20.8 Å². The summed E-state index contributed by atoms with van der Waals surface area (Å²) in [5.74, 6) is 1.20. The van der Waals surface area contributed by atoms with Gasteiger partial charge < -0.3 is 20.4 Å². The lowest BCUT2D eigenvalue weighted by molar-refractivity contribution is -0.133. The van der Waals surface area contributed by atoms with Gasteiger partial charge in [0.25, 0.3) is 0 Å². The van der Waals surface area contributed by atoms with E-state index < -0.39 is 0 Å². The SMILES string of the molecule is CCNC(=NCC(C)N1CCN(CC)CC1)NC1CCN(C(=O)C(C)C)C1.I. The molecule has 2 unspecified atom stereocenters. The van der Waals surface area contributed by atoms with Gasteiger partial charge in [0.15, 0.2) is 5.96 Å². The van der Waals surface area contributed by atoms with Gasteiger partial charge in [-0.3, -0.25) is 14.7 Å². The Bertz CT molecular complexity index is 493. The molecule has 0 bridgehead atoms.